The minimum atomic E-state index is -4.65. The van der Waals surface area contributed by atoms with Crippen LogP contribution in [-0.2, 0) is 30.8 Å². The van der Waals surface area contributed by atoms with Crippen LogP contribution in [0.15, 0.2) is 46.9 Å². The molecule has 3 nitrogen and oxygen atoms in total. The fourth-order valence-corrected chi connectivity index (χ4v) is 5.79. The van der Waals surface area contributed by atoms with E-state index in [0.29, 0.717) is 11.5 Å². The van der Waals surface area contributed by atoms with E-state index in [1.807, 2.05) is 0 Å². The standard InChI is InChI=1S/C19H21BrF3O3PS/c1-3-25-27(24,26-4-2)19(22,23)17-10-7-15(11-18(17)20)13-28-12-14-5-8-16(21)9-6-14/h5-11H,3-4,12-13H2,1-2H3. The lowest BCUT2D eigenvalue weighted by Crippen LogP contribution is -2.19. The molecule has 2 aromatic carbocycles. The van der Waals surface area contributed by atoms with Gasteiger partial charge in [-0.05, 0) is 43.2 Å². The molecule has 0 amide bonds. The monoisotopic (exact) mass is 496 g/mol. The first kappa shape index (κ1) is 23.5. The predicted molar refractivity (Wildman–Crippen MR) is 110 cm³/mol. The molecule has 0 aliphatic rings. The smallest absolute Gasteiger partial charge is 0.304 e. The molecule has 0 bridgehead atoms. The van der Waals surface area contributed by atoms with Gasteiger partial charge in [-0.15, -0.1) is 0 Å². The fraction of sp³-hybridized carbons (Fsp3) is 0.368. The molecule has 2 rings (SSSR count). The van der Waals surface area contributed by atoms with Crippen molar-refractivity contribution < 1.29 is 26.8 Å². The first-order chi connectivity index (χ1) is 13.2. The van der Waals surface area contributed by atoms with E-state index in [9.17, 15) is 17.7 Å². The van der Waals surface area contributed by atoms with Crippen molar-refractivity contribution in [2.45, 2.75) is 31.0 Å². The number of hydrogen-bond donors (Lipinski definition) is 0. The third kappa shape index (κ3) is 5.63. The van der Waals surface area contributed by atoms with Gasteiger partial charge in [-0.2, -0.15) is 20.5 Å². The van der Waals surface area contributed by atoms with E-state index in [0.717, 1.165) is 11.1 Å². The van der Waals surface area contributed by atoms with Gasteiger partial charge in [0.15, 0.2) is 0 Å². The summed E-state index contributed by atoms with van der Waals surface area (Å²) in [4.78, 5) is 0. The van der Waals surface area contributed by atoms with E-state index in [1.54, 1.807) is 36.0 Å². The molecule has 0 heterocycles. The van der Waals surface area contributed by atoms with Crippen LogP contribution in [0.2, 0.25) is 0 Å². The van der Waals surface area contributed by atoms with Crippen molar-refractivity contribution in [3.05, 3.63) is 69.4 Å². The Kier molecular flexibility index (Phi) is 8.64. The van der Waals surface area contributed by atoms with Crippen molar-refractivity contribution in [3.63, 3.8) is 0 Å². The van der Waals surface area contributed by atoms with Crippen LogP contribution in [0.1, 0.15) is 30.5 Å². The van der Waals surface area contributed by atoms with Crippen LogP contribution in [0.4, 0.5) is 13.2 Å². The van der Waals surface area contributed by atoms with Gasteiger partial charge in [-0.25, -0.2) is 4.39 Å². The third-order valence-electron chi connectivity index (χ3n) is 3.75. The zero-order valence-electron chi connectivity index (χ0n) is 15.5. The van der Waals surface area contributed by atoms with Gasteiger partial charge in [0.05, 0.1) is 13.2 Å². The van der Waals surface area contributed by atoms with E-state index < -0.39 is 18.8 Å². The zero-order valence-corrected chi connectivity index (χ0v) is 18.8. The van der Waals surface area contributed by atoms with Crippen LogP contribution >= 0.6 is 35.3 Å². The Bertz CT molecular complexity index is 824. The van der Waals surface area contributed by atoms with E-state index in [4.69, 9.17) is 9.05 Å². The molecule has 28 heavy (non-hydrogen) atoms. The van der Waals surface area contributed by atoms with Gasteiger partial charge in [-0.3, -0.25) is 4.57 Å². The van der Waals surface area contributed by atoms with Gasteiger partial charge >= 0.3 is 13.3 Å². The highest BCUT2D eigenvalue weighted by Crippen LogP contribution is 2.67. The molecule has 0 atom stereocenters. The van der Waals surface area contributed by atoms with E-state index in [2.05, 4.69) is 15.9 Å². The molecule has 0 spiro atoms. The SMILES string of the molecule is CCOP(=O)(OCC)C(F)(F)c1ccc(CSCc2ccc(F)cc2)cc1Br. The number of rotatable bonds is 10. The van der Waals surface area contributed by atoms with Crippen molar-refractivity contribution in [2.75, 3.05) is 13.2 Å². The minimum Gasteiger partial charge on any atom is -0.304 e. The van der Waals surface area contributed by atoms with Crippen LogP contribution in [0.3, 0.4) is 0 Å². The van der Waals surface area contributed by atoms with Crippen LogP contribution in [0.5, 0.6) is 0 Å². The van der Waals surface area contributed by atoms with E-state index in [-0.39, 0.29) is 23.5 Å². The van der Waals surface area contributed by atoms with Crippen LogP contribution in [-0.4, -0.2) is 13.2 Å². The highest BCUT2D eigenvalue weighted by atomic mass is 79.9. The van der Waals surface area contributed by atoms with Crippen molar-refractivity contribution in [1.82, 2.24) is 0 Å². The molecular formula is C19H21BrF3O3PS. The lowest BCUT2D eigenvalue weighted by Gasteiger charge is -2.26. The predicted octanol–water partition coefficient (Wildman–Crippen LogP) is 7.34. The molecule has 0 saturated carbocycles. The summed E-state index contributed by atoms with van der Waals surface area (Å²) in [7, 11) is -4.65. The summed E-state index contributed by atoms with van der Waals surface area (Å²) in [6, 6.07) is 10.6. The van der Waals surface area contributed by atoms with Crippen molar-refractivity contribution in [2.24, 2.45) is 0 Å². The van der Waals surface area contributed by atoms with Gasteiger partial charge in [-0.1, -0.05) is 40.2 Å². The van der Waals surface area contributed by atoms with Gasteiger partial charge in [0.1, 0.15) is 5.82 Å². The van der Waals surface area contributed by atoms with Gasteiger partial charge in [0.25, 0.3) is 0 Å². The third-order valence-corrected chi connectivity index (χ3v) is 7.61. The summed E-state index contributed by atoms with van der Waals surface area (Å²) in [6.45, 7) is 2.67. The van der Waals surface area contributed by atoms with Crippen LogP contribution < -0.4 is 0 Å². The highest BCUT2D eigenvalue weighted by Gasteiger charge is 2.55. The molecule has 0 radical (unpaired) electrons. The summed E-state index contributed by atoms with van der Waals surface area (Å²) in [5.41, 5.74) is -2.42. The Morgan fingerprint density at radius 2 is 1.54 bits per heavy atom. The number of alkyl halides is 2. The Labute approximate surface area is 175 Å². The molecule has 0 aromatic heterocycles. The molecule has 2 aromatic rings. The number of benzene rings is 2. The van der Waals surface area contributed by atoms with Crippen molar-refractivity contribution in [1.29, 1.82) is 0 Å². The number of halogens is 4. The lowest BCUT2D eigenvalue weighted by atomic mass is 10.1. The molecule has 0 saturated heterocycles. The second-order valence-corrected chi connectivity index (χ2v) is 9.72. The Morgan fingerprint density at radius 1 is 1.00 bits per heavy atom. The summed E-state index contributed by atoms with van der Waals surface area (Å²) < 4.78 is 65.1. The lowest BCUT2D eigenvalue weighted by molar-refractivity contribution is 0.0354. The maximum absolute atomic E-state index is 14.9. The average molecular weight is 497 g/mol. The molecule has 0 unspecified atom stereocenters. The summed E-state index contributed by atoms with van der Waals surface area (Å²) >= 11 is 4.73. The first-order valence-corrected chi connectivity index (χ1v) is 12.1. The normalized spacial score (nSPS) is 12.4. The Balaban J connectivity index is 2.11. The molecule has 0 fully saturated rings. The molecular weight excluding hydrogens is 476 g/mol. The minimum absolute atomic E-state index is 0.136. The summed E-state index contributed by atoms with van der Waals surface area (Å²) in [5, 5.41) is 0. The maximum atomic E-state index is 14.9. The van der Waals surface area contributed by atoms with Gasteiger partial charge < -0.3 is 9.05 Å². The first-order valence-electron chi connectivity index (χ1n) is 8.61. The topological polar surface area (TPSA) is 35.5 Å². The van der Waals surface area contributed by atoms with E-state index in [1.165, 1.54) is 32.0 Å². The van der Waals surface area contributed by atoms with Crippen LogP contribution in [0.25, 0.3) is 0 Å². The Hall–Kier alpha value is -0.790. The van der Waals surface area contributed by atoms with Crippen LogP contribution in [0, 0.1) is 5.82 Å². The average Bonchev–Trinajstić information content (AvgIpc) is 2.63. The molecule has 0 N–H and O–H groups in total. The molecule has 9 heteroatoms. The molecule has 154 valence electrons. The largest absolute Gasteiger partial charge is 0.404 e. The summed E-state index contributed by atoms with van der Waals surface area (Å²) in [6.07, 6.45) is 0. The maximum Gasteiger partial charge on any atom is 0.404 e. The second-order valence-electron chi connectivity index (χ2n) is 5.81. The van der Waals surface area contributed by atoms with E-state index >= 15 is 0 Å². The Morgan fingerprint density at radius 3 is 2.07 bits per heavy atom. The quantitative estimate of drug-likeness (QED) is 0.322. The van der Waals surface area contributed by atoms with Crippen molar-refractivity contribution >= 4 is 35.3 Å². The molecule has 0 aliphatic carbocycles. The fourth-order valence-electron chi connectivity index (χ4n) is 2.45. The second kappa shape index (κ2) is 10.3. The van der Waals surface area contributed by atoms with Gasteiger partial charge in [0.2, 0.25) is 0 Å². The molecule has 0 aliphatic heterocycles. The zero-order chi connectivity index (χ0) is 20.8. The number of thioether (sulfide) groups is 1. The van der Waals surface area contributed by atoms with Gasteiger partial charge in [0, 0.05) is 21.5 Å². The summed E-state index contributed by atoms with van der Waals surface area (Å²) in [5.74, 6) is 0.960. The van der Waals surface area contributed by atoms with Crippen molar-refractivity contribution in [3.8, 4) is 0 Å². The highest BCUT2D eigenvalue weighted by molar-refractivity contribution is 9.10. The number of hydrogen-bond acceptors (Lipinski definition) is 4.